The van der Waals surface area contributed by atoms with Gasteiger partial charge in [0.2, 0.25) is 5.91 Å². The van der Waals surface area contributed by atoms with E-state index in [-0.39, 0.29) is 24.5 Å². The van der Waals surface area contributed by atoms with Crippen LogP contribution in [0, 0.1) is 0 Å². The second kappa shape index (κ2) is 32.3. The van der Waals surface area contributed by atoms with Gasteiger partial charge < -0.3 is 15.2 Å². The molecule has 0 aromatic heterocycles. The van der Waals surface area contributed by atoms with Crippen molar-refractivity contribution in [2.75, 3.05) is 6.54 Å². The summed E-state index contributed by atoms with van der Waals surface area (Å²) in [6.45, 7) is 4.03. The number of unbranched alkanes of at least 4 members (excludes halogenated alkanes) is 15. The number of ether oxygens (including phenoxy) is 1. The molecule has 1 unspecified atom stereocenters. The molecular weight excluding hydrogens is 538 g/mol. The third-order valence-corrected chi connectivity index (χ3v) is 7.20. The van der Waals surface area contributed by atoms with Crippen LogP contribution < -0.4 is 5.32 Å². The van der Waals surface area contributed by atoms with E-state index in [1.54, 1.807) is 0 Å². The highest BCUT2D eigenvalue weighted by molar-refractivity contribution is 5.80. The molecule has 0 saturated heterocycles. The minimum Gasteiger partial charge on any atom is -0.480 e. The number of carbonyl (C=O) groups excluding carboxylic acids is 2. The monoisotopic (exact) mass is 601 g/mol. The molecule has 0 aliphatic carbocycles. The van der Waals surface area contributed by atoms with Crippen molar-refractivity contribution >= 4 is 17.8 Å². The van der Waals surface area contributed by atoms with Gasteiger partial charge in [-0.15, -0.1) is 0 Å². The maximum absolute atomic E-state index is 12.5. The summed E-state index contributed by atoms with van der Waals surface area (Å²) in [4.78, 5) is 34.5. The number of carbonyl (C=O) groups is 3. The number of nitrogens with one attached hydrogen (secondary N) is 1. The van der Waals surface area contributed by atoms with Crippen molar-refractivity contribution in [2.24, 2.45) is 0 Å². The molecule has 43 heavy (non-hydrogen) atoms. The number of carboxylic acids is 1. The van der Waals surface area contributed by atoms with E-state index in [0.29, 0.717) is 12.8 Å². The van der Waals surface area contributed by atoms with Crippen molar-refractivity contribution in [1.82, 2.24) is 5.32 Å². The zero-order valence-corrected chi connectivity index (χ0v) is 27.5. The highest BCUT2D eigenvalue weighted by atomic mass is 16.5. The largest absolute Gasteiger partial charge is 0.480 e. The normalized spacial score (nSPS) is 12.6. The summed E-state index contributed by atoms with van der Waals surface area (Å²) in [6.07, 6.45) is 39.9. The Balaban J connectivity index is 4.09. The van der Waals surface area contributed by atoms with E-state index < -0.39 is 5.97 Å². The van der Waals surface area contributed by atoms with Crippen LogP contribution in [0.3, 0.4) is 0 Å². The summed E-state index contributed by atoms with van der Waals surface area (Å²) < 4.78 is 5.74. The molecular formula is C37H63NO5. The Bertz CT molecular complexity index is 799. The molecule has 0 aromatic rings. The zero-order valence-electron chi connectivity index (χ0n) is 27.5. The third-order valence-electron chi connectivity index (χ3n) is 7.20. The lowest BCUT2D eigenvalue weighted by molar-refractivity contribution is -0.145. The smallest absolute Gasteiger partial charge is 0.322 e. The Labute approximate surface area is 263 Å². The highest BCUT2D eigenvalue weighted by Crippen LogP contribution is 2.12. The Kier molecular flexibility index (Phi) is 30.3. The average Bonchev–Trinajstić information content (AvgIpc) is 2.99. The van der Waals surface area contributed by atoms with Gasteiger partial charge in [-0.05, 0) is 76.4 Å². The Morgan fingerprint density at radius 1 is 0.628 bits per heavy atom. The molecule has 0 aliphatic heterocycles. The van der Waals surface area contributed by atoms with Gasteiger partial charge in [-0.25, -0.2) is 0 Å². The fourth-order valence-electron chi connectivity index (χ4n) is 4.64. The van der Waals surface area contributed by atoms with Crippen molar-refractivity contribution in [3.8, 4) is 0 Å². The molecule has 2 N–H and O–H groups in total. The summed E-state index contributed by atoms with van der Waals surface area (Å²) in [6, 6.07) is 0. The first kappa shape index (κ1) is 40.4. The van der Waals surface area contributed by atoms with Crippen LogP contribution in [0.1, 0.15) is 155 Å². The van der Waals surface area contributed by atoms with Gasteiger partial charge in [0, 0.05) is 12.8 Å². The van der Waals surface area contributed by atoms with Crippen LogP contribution in [0.25, 0.3) is 0 Å². The van der Waals surface area contributed by atoms with Crippen LogP contribution >= 0.6 is 0 Å². The first-order valence-electron chi connectivity index (χ1n) is 17.3. The van der Waals surface area contributed by atoms with E-state index in [1.807, 2.05) is 24.3 Å². The summed E-state index contributed by atoms with van der Waals surface area (Å²) in [5, 5.41) is 11.0. The molecule has 0 aromatic carbocycles. The summed E-state index contributed by atoms with van der Waals surface area (Å²) in [5.41, 5.74) is 0. The Morgan fingerprint density at radius 3 is 1.79 bits per heavy atom. The number of aliphatic carboxylic acids is 1. The quantitative estimate of drug-likeness (QED) is 0.0485. The zero-order chi connectivity index (χ0) is 31.6. The van der Waals surface area contributed by atoms with E-state index in [9.17, 15) is 14.4 Å². The molecule has 6 heteroatoms. The minimum atomic E-state index is -1.04. The molecule has 246 valence electrons. The topological polar surface area (TPSA) is 92.7 Å². The molecule has 0 saturated carbocycles. The van der Waals surface area contributed by atoms with E-state index in [1.165, 1.54) is 64.2 Å². The maximum Gasteiger partial charge on any atom is 0.322 e. The average molecular weight is 602 g/mol. The summed E-state index contributed by atoms with van der Waals surface area (Å²) in [7, 11) is 0. The fraction of sp³-hybridized carbons (Fsp3) is 0.703. The van der Waals surface area contributed by atoms with Crippen molar-refractivity contribution in [3.63, 3.8) is 0 Å². The van der Waals surface area contributed by atoms with E-state index in [2.05, 4.69) is 43.5 Å². The first-order chi connectivity index (χ1) is 21.0. The predicted octanol–water partition coefficient (Wildman–Crippen LogP) is 9.95. The second-order valence-electron chi connectivity index (χ2n) is 11.4. The second-order valence-corrected chi connectivity index (χ2v) is 11.4. The number of carboxylic acid groups (broad SMARTS) is 1. The number of allylic oxidation sites excluding steroid dienone is 6. The number of hydrogen-bond acceptors (Lipinski definition) is 4. The van der Waals surface area contributed by atoms with E-state index >= 15 is 0 Å². The van der Waals surface area contributed by atoms with Gasteiger partial charge in [-0.3, -0.25) is 14.4 Å². The fourth-order valence-corrected chi connectivity index (χ4v) is 4.64. The van der Waals surface area contributed by atoms with E-state index in [0.717, 1.165) is 64.2 Å². The van der Waals surface area contributed by atoms with Crippen LogP contribution in [0.15, 0.2) is 48.6 Å². The van der Waals surface area contributed by atoms with Crippen molar-refractivity contribution in [1.29, 1.82) is 0 Å². The summed E-state index contributed by atoms with van der Waals surface area (Å²) in [5.74, 6) is -1.41. The SMILES string of the molecule is CC/C=C\C/C=C\C(/C=C\CCCCCC(=O)NCC(=O)O)OC(=O)CCCCCCC/C=C\CCCCCCCCC. The number of rotatable bonds is 30. The summed E-state index contributed by atoms with van der Waals surface area (Å²) >= 11 is 0. The van der Waals surface area contributed by atoms with E-state index in [4.69, 9.17) is 9.84 Å². The molecule has 0 rings (SSSR count). The molecule has 1 amide bonds. The van der Waals surface area contributed by atoms with Gasteiger partial charge in [-0.1, -0.05) is 115 Å². The third kappa shape index (κ3) is 32.1. The van der Waals surface area contributed by atoms with Gasteiger partial charge in [0.05, 0.1) is 0 Å². The molecule has 0 spiro atoms. The van der Waals surface area contributed by atoms with Gasteiger partial charge in [0.25, 0.3) is 0 Å². The van der Waals surface area contributed by atoms with Crippen LogP contribution in [-0.4, -0.2) is 35.6 Å². The van der Waals surface area contributed by atoms with Crippen LogP contribution in [0.5, 0.6) is 0 Å². The van der Waals surface area contributed by atoms with Crippen molar-refractivity contribution in [3.05, 3.63) is 48.6 Å². The van der Waals surface area contributed by atoms with Crippen LogP contribution in [0.2, 0.25) is 0 Å². The highest BCUT2D eigenvalue weighted by Gasteiger charge is 2.08. The maximum atomic E-state index is 12.5. The van der Waals surface area contributed by atoms with Gasteiger partial charge in [0.1, 0.15) is 12.6 Å². The molecule has 0 bridgehead atoms. The molecule has 0 fully saturated rings. The van der Waals surface area contributed by atoms with Gasteiger partial charge in [-0.2, -0.15) is 0 Å². The minimum absolute atomic E-state index is 0.149. The molecule has 0 radical (unpaired) electrons. The number of hydrogen-bond donors (Lipinski definition) is 2. The van der Waals surface area contributed by atoms with Crippen molar-refractivity contribution < 1.29 is 24.2 Å². The lowest BCUT2D eigenvalue weighted by atomic mass is 10.1. The van der Waals surface area contributed by atoms with Crippen LogP contribution in [-0.2, 0) is 19.1 Å². The van der Waals surface area contributed by atoms with Gasteiger partial charge >= 0.3 is 11.9 Å². The Morgan fingerprint density at radius 2 is 1.16 bits per heavy atom. The number of esters is 1. The molecule has 0 heterocycles. The number of amides is 1. The molecule has 6 nitrogen and oxygen atoms in total. The molecule has 0 aliphatic rings. The van der Waals surface area contributed by atoms with Crippen molar-refractivity contribution in [2.45, 2.75) is 161 Å². The lowest BCUT2D eigenvalue weighted by Gasteiger charge is -2.11. The Hall–Kier alpha value is -2.63. The standard InChI is InChI=1S/C37H63NO5/c1-3-5-7-9-10-11-12-13-14-15-16-17-18-19-24-28-32-37(42)43-34(29-25-21-8-6-4-2)30-26-22-20-23-27-31-35(39)38-33-36(40)41/h6,8,14-15,25-26,29-30,34H,3-5,7,9-13,16-24,27-28,31-33H2,1-2H3,(H,38,39)(H,40,41)/b8-6-,15-14-,29-25-,30-26-. The molecule has 1 atom stereocenters. The first-order valence-corrected chi connectivity index (χ1v) is 17.3. The van der Waals surface area contributed by atoms with Gasteiger partial charge in [0.15, 0.2) is 0 Å². The van der Waals surface area contributed by atoms with Crippen LogP contribution in [0.4, 0.5) is 0 Å². The predicted molar refractivity (Wildman–Crippen MR) is 180 cm³/mol. The lowest BCUT2D eigenvalue weighted by Crippen LogP contribution is -2.28.